The summed E-state index contributed by atoms with van der Waals surface area (Å²) >= 11 is 0. The highest BCUT2D eigenvalue weighted by Crippen LogP contribution is 2.21. The molecule has 2 heterocycles. The van der Waals surface area contributed by atoms with E-state index in [2.05, 4.69) is 0 Å². The zero-order valence-electron chi connectivity index (χ0n) is 12.7. The van der Waals surface area contributed by atoms with Gasteiger partial charge in [0.15, 0.2) is 18.9 Å². The first-order chi connectivity index (χ1) is 10.6. The second kappa shape index (κ2) is 5.60. The zero-order chi connectivity index (χ0) is 15.7. The van der Waals surface area contributed by atoms with Crippen LogP contribution in [0.2, 0.25) is 0 Å². The summed E-state index contributed by atoms with van der Waals surface area (Å²) < 4.78 is 1.97. The summed E-state index contributed by atoms with van der Waals surface area (Å²) in [7, 11) is 3.97. The van der Waals surface area contributed by atoms with Crippen LogP contribution in [0.25, 0.3) is 0 Å². The molecule has 0 saturated heterocycles. The standard InChI is InChI=1S/C17H18N3O2/c1-18(2)13-7-9-19(10-8-13)11-12-20-16(21)14-5-3-4-6-15(14)17(20)22/h3-10H,11-12H2,1-2H3/q+1. The average Bonchev–Trinajstić information content (AvgIpc) is 2.78. The van der Waals surface area contributed by atoms with Crippen LogP contribution in [-0.2, 0) is 6.54 Å². The lowest BCUT2D eigenvalue weighted by Gasteiger charge is -2.12. The van der Waals surface area contributed by atoms with Gasteiger partial charge >= 0.3 is 0 Å². The first-order valence-corrected chi connectivity index (χ1v) is 7.19. The molecule has 0 atom stereocenters. The molecule has 0 unspecified atom stereocenters. The molecular weight excluding hydrogens is 278 g/mol. The minimum atomic E-state index is -0.203. The maximum Gasteiger partial charge on any atom is 0.261 e. The quantitative estimate of drug-likeness (QED) is 0.632. The Labute approximate surface area is 129 Å². The Morgan fingerprint density at radius 1 is 0.955 bits per heavy atom. The second-order valence-corrected chi connectivity index (χ2v) is 5.50. The van der Waals surface area contributed by atoms with Crippen LogP contribution >= 0.6 is 0 Å². The van der Waals surface area contributed by atoms with E-state index in [1.807, 2.05) is 48.1 Å². The minimum absolute atomic E-state index is 0.203. The Morgan fingerprint density at radius 2 is 1.50 bits per heavy atom. The Bertz CT molecular complexity index is 688. The first kappa shape index (κ1) is 14.3. The number of carbonyl (C=O) groups excluding carboxylic acids is 2. The van der Waals surface area contributed by atoms with E-state index >= 15 is 0 Å². The number of rotatable bonds is 4. The number of nitrogens with zero attached hydrogens (tertiary/aromatic N) is 3. The number of anilines is 1. The van der Waals surface area contributed by atoms with Crippen molar-refractivity contribution in [1.29, 1.82) is 0 Å². The summed E-state index contributed by atoms with van der Waals surface area (Å²) in [5, 5.41) is 0. The molecule has 2 amide bonds. The molecule has 0 bridgehead atoms. The molecule has 1 aromatic carbocycles. The molecule has 1 aliphatic rings. The number of imide groups is 1. The minimum Gasteiger partial charge on any atom is -0.377 e. The molecule has 22 heavy (non-hydrogen) atoms. The molecule has 5 nitrogen and oxygen atoms in total. The van der Waals surface area contributed by atoms with Crippen LogP contribution in [0.3, 0.4) is 0 Å². The fourth-order valence-electron chi connectivity index (χ4n) is 2.55. The third-order valence-electron chi connectivity index (χ3n) is 3.85. The van der Waals surface area contributed by atoms with Gasteiger partial charge < -0.3 is 4.90 Å². The Hall–Kier alpha value is -2.69. The molecule has 0 fully saturated rings. The molecule has 0 spiro atoms. The number of amides is 2. The third kappa shape index (κ3) is 2.45. The van der Waals surface area contributed by atoms with E-state index in [-0.39, 0.29) is 11.8 Å². The summed E-state index contributed by atoms with van der Waals surface area (Å²) in [6.07, 6.45) is 3.90. The predicted molar refractivity (Wildman–Crippen MR) is 82.8 cm³/mol. The number of pyridine rings is 1. The predicted octanol–water partition coefficient (Wildman–Crippen LogP) is 1.34. The molecule has 1 aliphatic heterocycles. The zero-order valence-corrected chi connectivity index (χ0v) is 12.7. The van der Waals surface area contributed by atoms with E-state index in [1.54, 1.807) is 24.3 Å². The molecule has 3 rings (SSSR count). The van der Waals surface area contributed by atoms with Gasteiger partial charge in [0.1, 0.15) is 0 Å². The monoisotopic (exact) mass is 296 g/mol. The second-order valence-electron chi connectivity index (χ2n) is 5.50. The highest BCUT2D eigenvalue weighted by molar-refractivity contribution is 6.21. The van der Waals surface area contributed by atoms with Crippen molar-refractivity contribution in [2.45, 2.75) is 6.54 Å². The summed E-state index contributed by atoms with van der Waals surface area (Å²) in [5.41, 5.74) is 2.11. The van der Waals surface area contributed by atoms with Gasteiger partial charge in [-0.15, -0.1) is 0 Å². The van der Waals surface area contributed by atoms with Gasteiger partial charge in [0, 0.05) is 31.9 Å². The van der Waals surface area contributed by atoms with Crippen molar-refractivity contribution in [1.82, 2.24) is 4.90 Å². The molecular formula is C17H18N3O2+. The normalized spacial score (nSPS) is 13.5. The van der Waals surface area contributed by atoms with Crippen molar-refractivity contribution in [3.63, 3.8) is 0 Å². The molecule has 1 aromatic heterocycles. The highest BCUT2D eigenvalue weighted by atomic mass is 16.2. The van der Waals surface area contributed by atoms with Crippen LogP contribution in [0, 0.1) is 0 Å². The molecule has 2 aromatic rings. The lowest BCUT2D eigenvalue weighted by Crippen LogP contribution is -2.42. The van der Waals surface area contributed by atoms with Crippen LogP contribution in [0.1, 0.15) is 20.7 Å². The van der Waals surface area contributed by atoms with Crippen molar-refractivity contribution in [2.75, 3.05) is 25.5 Å². The number of benzene rings is 1. The summed E-state index contributed by atoms with van der Waals surface area (Å²) in [6.45, 7) is 0.956. The van der Waals surface area contributed by atoms with E-state index in [1.165, 1.54) is 4.90 Å². The van der Waals surface area contributed by atoms with Crippen molar-refractivity contribution in [3.8, 4) is 0 Å². The van der Waals surface area contributed by atoms with Crippen LogP contribution in [0.15, 0.2) is 48.8 Å². The van der Waals surface area contributed by atoms with Crippen LogP contribution < -0.4 is 9.47 Å². The van der Waals surface area contributed by atoms with Gasteiger partial charge in [-0.2, -0.15) is 0 Å². The number of hydrogen-bond donors (Lipinski definition) is 0. The Kier molecular flexibility index (Phi) is 3.63. The van der Waals surface area contributed by atoms with Crippen molar-refractivity contribution in [3.05, 3.63) is 59.9 Å². The van der Waals surface area contributed by atoms with Crippen molar-refractivity contribution in [2.24, 2.45) is 0 Å². The van der Waals surface area contributed by atoms with Gasteiger partial charge in [0.2, 0.25) is 0 Å². The van der Waals surface area contributed by atoms with Crippen molar-refractivity contribution >= 4 is 17.5 Å². The van der Waals surface area contributed by atoms with E-state index in [0.29, 0.717) is 24.2 Å². The van der Waals surface area contributed by atoms with E-state index < -0.39 is 0 Å². The Morgan fingerprint density at radius 3 is 2.00 bits per heavy atom. The first-order valence-electron chi connectivity index (χ1n) is 7.19. The average molecular weight is 296 g/mol. The molecule has 0 saturated carbocycles. The van der Waals surface area contributed by atoms with E-state index in [4.69, 9.17) is 0 Å². The lowest BCUT2D eigenvalue weighted by molar-refractivity contribution is -0.695. The van der Waals surface area contributed by atoms with E-state index in [9.17, 15) is 9.59 Å². The van der Waals surface area contributed by atoms with Crippen molar-refractivity contribution < 1.29 is 14.2 Å². The Balaban J connectivity index is 1.70. The summed E-state index contributed by atoms with van der Waals surface area (Å²) in [6, 6.07) is 11.0. The molecule has 0 N–H and O–H groups in total. The van der Waals surface area contributed by atoms with Crippen LogP contribution in [-0.4, -0.2) is 37.4 Å². The van der Waals surface area contributed by atoms with Gasteiger partial charge in [-0.1, -0.05) is 12.1 Å². The number of carbonyl (C=O) groups is 2. The molecule has 0 radical (unpaired) electrons. The number of hydrogen-bond acceptors (Lipinski definition) is 3. The maximum absolute atomic E-state index is 12.3. The van der Waals surface area contributed by atoms with Gasteiger partial charge in [-0.3, -0.25) is 14.5 Å². The van der Waals surface area contributed by atoms with Gasteiger partial charge in [0.25, 0.3) is 11.8 Å². The summed E-state index contributed by atoms with van der Waals surface area (Å²) in [5.74, 6) is -0.405. The number of aromatic nitrogens is 1. The van der Waals surface area contributed by atoms with E-state index in [0.717, 1.165) is 5.69 Å². The van der Waals surface area contributed by atoms with Gasteiger partial charge in [-0.05, 0) is 12.1 Å². The van der Waals surface area contributed by atoms with Crippen LogP contribution in [0.4, 0.5) is 5.69 Å². The highest BCUT2D eigenvalue weighted by Gasteiger charge is 2.35. The topological polar surface area (TPSA) is 44.5 Å². The van der Waals surface area contributed by atoms with Gasteiger partial charge in [-0.25, -0.2) is 4.57 Å². The third-order valence-corrected chi connectivity index (χ3v) is 3.85. The fourth-order valence-corrected chi connectivity index (χ4v) is 2.55. The fraction of sp³-hybridized carbons (Fsp3) is 0.235. The molecule has 112 valence electrons. The van der Waals surface area contributed by atoms with Gasteiger partial charge in [0.05, 0.1) is 17.7 Å². The largest absolute Gasteiger partial charge is 0.377 e. The summed E-state index contributed by atoms with van der Waals surface area (Å²) in [4.78, 5) is 27.9. The SMILES string of the molecule is CN(C)c1cc[n+](CCN2C(=O)c3ccccc3C2=O)cc1. The molecule has 0 aliphatic carbocycles. The number of fused-ring (bicyclic) bond motifs is 1. The lowest BCUT2D eigenvalue weighted by atomic mass is 10.1. The van der Waals surface area contributed by atoms with Crippen LogP contribution in [0.5, 0.6) is 0 Å². The maximum atomic E-state index is 12.3. The smallest absolute Gasteiger partial charge is 0.261 e. The molecule has 5 heteroatoms.